The molecule has 0 radical (unpaired) electrons. The lowest BCUT2D eigenvalue weighted by Crippen LogP contribution is -2.22. The van der Waals surface area contributed by atoms with E-state index in [4.69, 9.17) is 10.5 Å². The van der Waals surface area contributed by atoms with Gasteiger partial charge in [0, 0.05) is 11.3 Å². The predicted octanol–water partition coefficient (Wildman–Crippen LogP) is 2.41. The maximum atomic E-state index is 6.20. The zero-order valence-electron chi connectivity index (χ0n) is 11.2. The fraction of sp³-hybridized carbons (Fsp3) is 0.333. The molecule has 1 aromatic heterocycles. The van der Waals surface area contributed by atoms with Gasteiger partial charge < -0.3 is 10.5 Å². The quantitative estimate of drug-likeness (QED) is 0.915. The molecule has 1 heterocycles. The van der Waals surface area contributed by atoms with Crippen molar-refractivity contribution in [2.24, 2.45) is 5.73 Å². The van der Waals surface area contributed by atoms with Crippen LogP contribution in [0.1, 0.15) is 24.4 Å². The molecule has 3 rings (SSSR count). The van der Waals surface area contributed by atoms with Gasteiger partial charge in [-0.3, -0.25) is 0 Å². The normalized spacial score (nSPS) is 16.2. The van der Waals surface area contributed by atoms with Crippen LogP contribution in [0.4, 0.5) is 0 Å². The Kier molecular flexibility index (Phi) is 2.75. The monoisotopic (exact) mass is 255 g/mol. The second-order valence-corrected chi connectivity index (χ2v) is 5.07. The SMILES string of the molecule is COc1ccccc1-c1cc(C)nc(C2(N)CC2)n1. The molecule has 0 saturated heterocycles. The van der Waals surface area contributed by atoms with Crippen LogP contribution in [-0.4, -0.2) is 17.1 Å². The highest BCUT2D eigenvalue weighted by molar-refractivity contribution is 5.67. The topological polar surface area (TPSA) is 61.0 Å². The van der Waals surface area contributed by atoms with E-state index in [1.54, 1.807) is 7.11 Å². The van der Waals surface area contributed by atoms with Crippen LogP contribution < -0.4 is 10.5 Å². The van der Waals surface area contributed by atoms with Crippen LogP contribution in [0.2, 0.25) is 0 Å². The summed E-state index contributed by atoms with van der Waals surface area (Å²) >= 11 is 0. The first-order valence-corrected chi connectivity index (χ1v) is 6.41. The highest BCUT2D eigenvalue weighted by atomic mass is 16.5. The van der Waals surface area contributed by atoms with Gasteiger partial charge in [0.15, 0.2) is 0 Å². The molecule has 98 valence electrons. The minimum Gasteiger partial charge on any atom is -0.496 e. The summed E-state index contributed by atoms with van der Waals surface area (Å²) in [6.45, 7) is 1.97. The van der Waals surface area contributed by atoms with Crippen LogP contribution in [-0.2, 0) is 5.54 Å². The fourth-order valence-electron chi connectivity index (χ4n) is 2.14. The van der Waals surface area contributed by atoms with E-state index in [0.717, 1.165) is 41.4 Å². The molecule has 0 atom stereocenters. The first kappa shape index (κ1) is 12.1. The largest absolute Gasteiger partial charge is 0.496 e. The third-order valence-electron chi connectivity index (χ3n) is 3.47. The van der Waals surface area contributed by atoms with Crippen molar-refractivity contribution in [3.63, 3.8) is 0 Å². The lowest BCUT2D eigenvalue weighted by Gasteiger charge is -2.12. The number of para-hydroxylation sites is 1. The number of aromatic nitrogens is 2. The first-order valence-electron chi connectivity index (χ1n) is 6.41. The Morgan fingerprint density at radius 2 is 1.95 bits per heavy atom. The molecule has 0 unspecified atom stereocenters. The molecule has 1 aliphatic rings. The predicted molar refractivity (Wildman–Crippen MR) is 73.9 cm³/mol. The van der Waals surface area contributed by atoms with Crippen molar-refractivity contribution in [3.05, 3.63) is 41.9 Å². The van der Waals surface area contributed by atoms with Gasteiger partial charge in [0.05, 0.1) is 18.3 Å². The molecular weight excluding hydrogens is 238 g/mol. The van der Waals surface area contributed by atoms with Gasteiger partial charge in [-0.25, -0.2) is 9.97 Å². The van der Waals surface area contributed by atoms with Crippen molar-refractivity contribution < 1.29 is 4.74 Å². The zero-order chi connectivity index (χ0) is 13.5. The van der Waals surface area contributed by atoms with Crippen LogP contribution in [0.25, 0.3) is 11.3 Å². The molecule has 1 saturated carbocycles. The summed E-state index contributed by atoms with van der Waals surface area (Å²) in [4.78, 5) is 9.10. The number of rotatable bonds is 3. The smallest absolute Gasteiger partial charge is 0.149 e. The molecule has 4 heteroatoms. The molecule has 0 bridgehead atoms. The van der Waals surface area contributed by atoms with Gasteiger partial charge >= 0.3 is 0 Å². The van der Waals surface area contributed by atoms with Gasteiger partial charge in [-0.15, -0.1) is 0 Å². The minimum absolute atomic E-state index is 0.317. The van der Waals surface area contributed by atoms with Gasteiger partial charge in [0.2, 0.25) is 0 Å². The standard InChI is InChI=1S/C15H17N3O/c1-10-9-12(11-5-3-4-6-13(11)19-2)18-14(17-10)15(16)7-8-15/h3-6,9H,7-8,16H2,1-2H3. The van der Waals surface area contributed by atoms with Crippen LogP contribution in [0.3, 0.4) is 0 Å². The maximum absolute atomic E-state index is 6.20. The summed E-state index contributed by atoms with van der Waals surface area (Å²) in [5.74, 6) is 1.56. The fourth-order valence-corrected chi connectivity index (χ4v) is 2.14. The number of nitrogens with zero attached hydrogens (tertiary/aromatic N) is 2. The van der Waals surface area contributed by atoms with E-state index in [9.17, 15) is 0 Å². The average Bonchev–Trinajstić information content (AvgIpc) is 3.17. The summed E-state index contributed by atoms with van der Waals surface area (Å²) in [6, 6.07) is 9.82. The van der Waals surface area contributed by atoms with Crippen molar-refractivity contribution in [2.45, 2.75) is 25.3 Å². The summed E-state index contributed by atoms with van der Waals surface area (Å²) in [5, 5.41) is 0. The molecule has 4 nitrogen and oxygen atoms in total. The van der Waals surface area contributed by atoms with Crippen LogP contribution in [0, 0.1) is 6.92 Å². The summed E-state index contributed by atoms with van der Waals surface area (Å²) in [6.07, 6.45) is 1.92. The van der Waals surface area contributed by atoms with Crippen molar-refractivity contribution in [1.82, 2.24) is 9.97 Å². The summed E-state index contributed by atoms with van der Waals surface area (Å²) < 4.78 is 5.39. The molecule has 0 aliphatic heterocycles. The molecule has 1 aliphatic carbocycles. The Bertz CT molecular complexity index is 621. The molecule has 19 heavy (non-hydrogen) atoms. The van der Waals surface area contributed by atoms with Gasteiger partial charge in [-0.2, -0.15) is 0 Å². The summed E-state index contributed by atoms with van der Waals surface area (Å²) in [7, 11) is 1.67. The van der Waals surface area contributed by atoms with E-state index in [0.29, 0.717) is 0 Å². The van der Waals surface area contributed by atoms with Crippen molar-refractivity contribution in [1.29, 1.82) is 0 Å². The Morgan fingerprint density at radius 1 is 1.21 bits per heavy atom. The minimum atomic E-state index is -0.317. The van der Waals surface area contributed by atoms with Crippen LogP contribution in [0.15, 0.2) is 30.3 Å². The van der Waals surface area contributed by atoms with E-state index in [1.807, 2.05) is 37.3 Å². The number of hydrogen-bond donors (Lipinski definition) is 1. The highest BCUT2D eigenvalue weighted by Gasteiger charge is 2.43. The first-order chi connectivity index (χ1) is 9.12. The van der Waals surface area contributed by atoms with Gasteiger partial charge in [0.1, 0.15) is 11.6 Å². The van der Waals surface area contributed by atoms with Crippen molar-refractivity contribution in [2.75, 3.05) is 7.11 Å². The number of methoxy groups -OCH3 is 1. The van der Waals surface area contributed by atoms with E-state index in [2.05, 4.69) is 9.97 Å². The zero-order valence-corrected chi connectivity index (χ0v) is 11.2. The maximum Gasteiger partial charge on any atom is 0.149 e. The van der Waals surface area contributed by atoms with E-state index in [1.165, 1.54) is 0 Å². The number of aryl methyl sites for hydroxylation is 1. The third-order valence-corrected chi connectivity index (χ3v) is 3.47. The van der Waals surface area contributed by atoms with Crippen LogP contribution >= 0.6 is 0 Å². The lowest BCUT2D eigenvalue weighted by atomic mass is 10.1. The number of ether oxygens (including phenoxy) is 1. The van der Waals surface area contributed by atoms with Gasteiger partial charge in [-0.05, 0) is 38.0 Å². The van der Waals surface area contributed by atoms with Crippen molar-refractivity contribution in [3.8, 4) is 17.0 Å². The molecular formula is C15H17N3O. The van der Waals surface area contributed by atoms with Gasteiger partial charge in [-0.1, -0.05) is 12.1 Å². The van der Waals surface area contributed by atoms with Crippen LogP contribution in [0.5, 0.6) is 5.75 Å². The highest BCUT2D eigenvalue weighted by Crippen LogP contribution is 2.41. The Hall–Kier alpha value is -1.94. The lowest BCUT2D eigenvalue weighted by molar-refractivity contribution is 0.416. The Balaban J connectivity index is 2.12. The number of hydrogen-bond acceptors (Lipinski definition) is 4. The third kappa shape index (κ3) is 2.19. The van der Waals surface area contributed by atoms with E-state index < -0.39 is 0 Å². The van der Waals surface area contributed by atoms with E-state index in [-0.39, 0.29) is 5.54 Å². The Morgan fingerprint density at radius 3 is 2.63 bits per heavy atom. The van der Waals surface area contributed by atoms with E-state index >= 15 is 0 Å². The molecule has 0 spiro atoms. The molecule has 2 aromatic rings. The molecule has 1 aromatic carbocycles. The molecule has 0 amide bonds. The summed E-state index contributed by atoms with van der Waals surface area (Å²) in [5.41, 5.74) is 8.66. The Labute approximate surface area is 112 Å². The average molecular weight is 255 g/mol. The van der Waals surface area contributed by atoms with Crippen molar-refractivity contribution >= 4 is 0 Å². The second-order valence-electron chi connectivity index (χ2n) is 5.07. The molecule has 1 fully saturated rings. The number of benzene rings is 1. The molecule has 2 N–H and O–H groups in total. The van der Waals surface area contributed by atoms with Gasteiger partial charge in [0.25, 0.3) is 0 Å². The number of nitrogens with two attached hydrogens (primary N) is 1. The second kappa shape index (κ2) is 4.31.